The summed E-state index contributed by atoms with van der Waals surface area (Å²) in [5, 5.41) is 3.22. The normalized spacial score (nSPS) is 27.8. The zero-order valence-electron chi connectivity index (χ0n) is 13.0. The van der Waals surface area contributed by atoms with E-state index in [4.69, 9.17) is 10.5 Å². The Kier molecular flexibility index (Phi) is 5.84. The first kappa shape index (κ1) is 17.3. The minimum absolute atomic E-state index is 0. The fraction of sp³-hybridized carbons (Fsp3) is 0.588. The largest absolute Gasteiger partial charge is 0.380 e. The molecule has 0 saturated heterocycles. The summed E-state index contributed by atoms with van der Waals surface area (Å²) < 4.78 is 5.40. The Bertz CT molecular complexity index is 498. The molecule has 4 nitrogen and oxygen atoms in total. The van der Waals surface area contributed by atoms with Crippen molar-refractivity contribution in [2.75, 3.05) is 7.11 Å². The molecule has 5 heteroatoms. The number of hydrogen-bond acceptors (Lipinski definition) is 3. The number of fused-ring (bicyclic) bond motifs is 1. The van der Waals surface area contributed by atoms with Crippen LogP contribution >= 0.6 is 12.4 Å². The molecule has 3 rings (SSSR count). The number of rotatable bonds is 3. The van der Waals surface area contributed by atoms with Gasteiger partial charge < -0.3 is 15.8 Å². The smallest absolute Gasteiger partial charge is 0.223 e. The number of methoxy groups -OCH3 is 1. The zero-order chi connectivity index (χ0) is 14.8. The van der Waals surface area contributed by atoms with Crippen molar-refractivity contribution in [3.8, 4) is 0 Å². The van der Waals surface area contributed by atoms with E-state index in [1.54, 1.807) is 7.11 Å². The molecule has 0 aliphatic heterocycles. The molecule has 1 fully saturated rings. The van der Waals surface area contributed by atoms with Gasteiger partial charge in [-0.05, 0) is 43.2 Å². The molecule has 0 spiro atoms. The third-order valence-electron chi connectivity index (χ3n) is 4.91. The maximum Gasteiger partial charge on any atom is 0.223 e. The summed E-state index contributed by atoms with van der Waals surface area (Å²) in [6.07, 6.45) is 4.37. The third kappa shape index (κ3) is 3.62. The maximum absolute atomic E-state index is 12.5. The van der Waals surface area contributed by atoms with Crippen molar-refractivity contribution in [3.63, 3.8) is 0 Å². The molecule has 3 atom stereocenters. The van der Waals surface area contributed by atoms with Crippen molar-refractivity contribution in [3.05, 3.63) is 35.4 Å². The molecule has 1 saturated carbocycles. The van der Waals surface area contributed by atoms with E-state index in [1.807, 2.05) is 0 Å². The highest BCUT2D eigenvalue weighted by molar-refractivity contribution is 5.85. The summed E-state index contributed by atoms with van der Waals surface area (Å²) in [6.45, 7) is 0. The monoisotopic (exact) mass is 324 g/mol. The van der Waals surface area contributed by atoms with E-state index >= 15 is 0 Å². The van der Waals surface area contributed by atoms with Crippen molar-refractivity contribution in [1.82, 2.24) is 5.32 Å². The van der Waals surface area contributed by atoms with Gasteiger partial charge in [0.15, 0.2) is 0 Å². The number of carbonyl (C=O) groups is 1. The van der Waals surface area contributed by atoms with Gasteiger partial charge in [0.05, 0.1) is 6.10 Å². The summed E-state index contributed by atoms with van der Waals surface area (Å²) in [7, 11) is 1.68. The van der Waals surface area contributed by atoms with Crippen LogP contribution in [0.3, 0.4) is 0 Å². The lowest BCUT2D eigenvalue weighted by molar-refractivity contribution is -0.128. The Labute approximate surface area is 138 Å². The summed E-state index contributed by atoms with van der Waals surface area (Å²) in [6, 6.07) is 8.74. The standard InChI is InChI=1S/C17H24N2O2.ClH/c1-21-16-10-13(6-7-15(16)18)17(20)19-14-8-11-4-2-3-5-12(11)9-14;/h2-5,13-16H,6-10,18H2,1H3,(H,19,20);1H/t13-,15-,16-;/m0./s1. The Morgan fingerprint density at radius 1 is 1.23 bits per heavy atom. The average Bonchev–Trinajstić information content (AvgIpc) is 2.89. The predicted molar refractivity (Wildman–Crippen MR) is 89.1 cm³/mol. The van der Waals surface area contributed by atoms with Gasteiger partial charge in [0.2, 0.25) is 5.91 Å². The molecule has 122 valence electrons. The lowest BCUT2D eigenvalue weighted by atomic mass is 9.83. The number of ether oxygens (including phenoxy) is 1. The predicted octanol–water partition coefficient (Wildman–Crippen LogP) is 1.83. The average molecular weight is 325 g/mol. The number of benzene rings is 1. The SMILES string of the molecule is CO[C@H]1C[C@@H](C(=O)NC2Cc3ccccc3C2)CC[C@@H]1N.Cl. The zero-order valence-corrected chi connectivity index (χ0v) is 13.8. The van der Waals surface area contributed by atoms with E-state index in [9.17, 15) is 4.79 Å². The molecule has 2 aliphatic carbocycles. The first-order valence-corrected chi connectivity index (χ1v) is 7.83. The molecular formula is C17H25ClN2O2. The Hall–Kier alpha value is -1.10. The number of hydrogen-bond donors (Lipinski definition) is 2. The Morgan fingerprint density at radius 2 is 1.86 bits per heavy atom. The van der Waals surface area contributed by atoms with Crippen LogP contribution in [-0.2, 0) is 22.4 Å². The molecule has 0 aromatic heterocycles. The number of halogens is 1. The van der Waals surface area contributed by atoms with Gasteiger partial charge in [-0.15, -0.1) is 12.4 Å². The van der Waals surface area contributed by atoms with Gasteiger partial charge in [-0.25, -0.2) is 0 Å². The summed E-state index contributed by atoms with van der Waals surface area (Å²) in [5.74, 6) is 0.209. The molecular weight excluding hydrogens is 300 g/mol. The van der Waals surface area contributed by atoms with Crippen molar-refractivity contribution >= 4 is 18.3 Å². The first-order valence-electron chi connectivity index (χ1n) is 7.83. The van der Waals surface area contributed by atoms with Gasteiger partial charge >= 0.3 is 0 Å². The molecule has 22 heavy (non-hydrogen) atoms. The van der Waals surface area contributed by atoms with Gasteiger partial charge in [-0.1, -0.05) is 24.3 Å². The van der Waals surface area contributed by atoms with Crippen molar-refractivity contribution in [1.29, 1.82) is 0 Å². The Balaban J connectivity index is 0.00000176. The van der Waals surface area contributed by atoms with Crippen LogP contribution in [0.5, 0.6) is 0 Å². The quantitative estimate of drug-likeness (QED) is 0.891. The number of amides is 1. The van der Waals surface area contributed by atoms with Crippen molar-refractivity contribution in [2.24, 2.45) is 11.7 Å². The topological polar surface area (TPSA) is 64.3 Å². The van der Waals surface area contributed by atoms with Crippen molar-refractivity contribution in [2.45, 2.75) is 50.3 Å². The summed E-state index contributed by atoms with van der Waals surface area (Å²) in [4.78, 5) is 12.5. The molecule has 1 aromatic carbocycles. The fourth-order valence-electron chi connectivity index (χ4n) is 3.64. The van der Waals surface area contributed by atoms with E-state index in [2.05, 4.69) is 29.6 Å². The van der Waals surface area contributed by atoms with Crippen LogP contribution in [0, 0.1) is 5.92 Å². The second kappa shape index (κ2) is 7.44. The van der Waals surface area contributed by atoms with Gasteiger partial charge in [-0.3, -0.25) is 4.79 Å². The highest BCUT2D eigenvalue weighted by Gasteiger charge is 2.33. The number of carbonyl (C=O) groups excluding carboxylic acids is 1. The first-order chi connectivity index (χ1) is 10.2. The second-order valence-electron chi connectivity index (χ2n) is 6.33. The van der Waals surface area contributed by atoms with Gasteiger partial charge in [-0.2, -0.15) is 0 Å². The van der Waals surface area contributed by atoms with E-state index in [1.165, 1.54) is 11.1 Å². The van der Waals surface area contributed by atoms with Crippen molar-refractivity contribution < 1.29 is 9.53 Å². The molecule has 0 radical (unpaired) electrons. The van der Waals surface area contributed by atoms with Crippen LogP contribution in [-0.4, -0.2) is 31.2 Å². The molecule has 2 aliphatic rings. The van der Waals surface area contributed by atoms with Gasteiger partial charge in [0.1, 0.15) is 0 Å². The van der Waals surface area contributed by atoms with E-state index in [0.717, 1.165) is 32.1 Å². The maximum atomic E-state index is 12.5. The molecule has 0 bridgehead atoms. The van der Waals surface area contributed by atoms with Crippen LogP contribution in [0.2, 0.25) is 0 Å². The van der Waals surface area contributed by atoms with Crippen LogP contribution in [0.4, 0.5) is 0 Å². The molecule has 1 aromatic rings. The minimum Gasteiger partial charge on any atom is -0.380 e. The van der Waals surface area contributed by atoms with Crippen LogP contribution in [0.15, 0.2) is 24.3 Å². The molecule has 0 unspecified atom stereocenters. The summed E-state index contributed by atoms with van der Waals surface area (Å²) >= 11 is 0. The molecule has 0 heterocycles. The van der Waals surface area contributed by atoms with Crippen LogP contribution < -0.4 is 11.1 Å². The number of nitrogens with two attached hydrogens (primary N) is 1. The highest BCUT2D eigenvalue weighted by Crippen LogP contribution is 2.27. The van der Waals surface area contributed by atoms with E-state index < -0.39 is 0 Å². The second-order valence-corrected chi connectivity index (χ2v) is 6.33. The van der Waals surface area contributed by atoms with Crippen LogP contribution in [0.1, 0.15) is 30.4 Å². The fourth-order valence-corrected chi connectivity index (χ4v) is 3.64. The third-order valence-corrected chi connectivity index (χ3v) is 4.91. The van der Waals surface area contributed by atoms with E-state index in [-0.39, 0.29) is 42.4 Å². The highest BCUT2D eigenvalue weighted by atomic mass is 35.5. The Morgan fingerprint density at radius 3 is 2.45 bits per heavy atom. The van der Waals surface area contributed by atoms with E-state index in [0.29, 0.717) is 0 Å². The minimum atomic E-state index is 0. The van der Waals surface area contributed by atoms with Crippen LogP contribution in [0.25, 0.3) is 0 Å². The number of nitrogens with one attached hydrogen (secondary N) is 1. The molecule has 1 amide bonds. The van der Waals surface area contributed by atoms with Gasteiger partial charge in [0, 0.05) is 25.1 Å². The lowest BCUT2D eigenvalue weighted by Crippen LogP contribution is -2.47. The molecule has 3 N–H and O–H groups in total. The van der Waals surface area contributed by atoms with Gasteiger partial charge in [0.25, 0.3) is 0 Å². The summed E-state index contributed by atoms with van der Waals surface area (Å²) in [5.41, 5.74) is 8.74. The lowest BCUT2D eigenvalue weighted by Gasteiger charge is -2.32.